The molecule has 0 aliphatic rings. The van der Waals surface area contributed by atoms with Crippen LogP contribution in [0.5, 0.6) is 0 Å². The molecule has 0 aliphatic carbocycles. The third kappa shape index (κ3) is 5.89. The Balaban J connectivity index is 1.92. The van der Waals surface area contributed by atoms with Crippen LogP contribution < -0.4 is 10.6 Å². The first kappa shape index (κ1) is 21.1. The van der Waals surface area contributed by atoms with Crippen molar-refractivity contribution in [2.45, 2.75) is 13.0 Å². The summed E-state index contributed by atoms with van der Waals surface area (Å²) >= 11 is 11.7. The van der Waals surface area contributed by atoms with Gasteiger partial charge < -0.3 is 10.6 Å². The zero-order valence-electron chi connectivity index (χ0n) is 14.5. The van der Waals surface area contributed by atoms with Crippen LogP contribution in [0.2, 0.25) is 10.0 Å². The SMILES string of the molecule is CC(C(=O)Nc1ccc(F)c(F)c1)N(C)CC(=O)Nc1ccc(Cl)c(Cl)c1. The maximum atomic E-state index is 13.2. The van der Waals surface area contributed by atoms with E-state index in [2.05, 4.69) is 10.6 Å². The predicted octanol–water partition coefficient (Wildman–Crippen LogP) is 4.17. The van der Waals surface area contributed by atoms with Crippen molar-refractivity contribution in [2.75, 3.05) is 24.2 Å². The maximum Gasteiger partial charge on any atom is 0.241 e. The molecule has 2 aromatic rings. The van der Waals surface area contributed by atoms with Gasteiger partial charge in [-0.2, -0.15) is 0 Å². The molecule has 27 heavy (non-hydrogen) atoms. The first-order valence-corrected chi connectivity index (χ1v) is 8.64. The van der Waals surface area contributed by atoms with Gasteiger partial charge in [0.2, 0.25) is 11.8 Å². The highest BCUT2D eigenvalue weighted by atomic mass is 35.5. The number of rotatable bonds is 6. The molecule has 0 spiro atoms. The summed E-state index contributed by atoms with van der Waals surface area (Å²) in [6.07, 6.45) is 0. The van der Waals surface area contributed by atoms with Crippen LogP contribution in [-0.2, 0) is 9.59 Å². The van der Waals surface area contributed by atoms with Gasteiger partial charge in [0.25, 0.3) is 0 Å². The fourth-order valence-corrected chi connectivity index (χ4v) is 2.46. The fraction of sp³-hybridized carbons (Fsp3) is 0.222. The highest BCUT2D eigenvalue weighted by molar-refractivity contribution is 6.42. The number of nitrogens with one attached hydrogen (secondary N) is 2. The summed E-state index contributed by atoms with van der Waals surface area (Å²) in [7, 11) is 1.59. The molecule has 0 saturated heterocycles. The number of nitrogens with zero attached hydrogens (tertiary/aromatic N) is 1. The van der Waals surface area contributed by atoms with E-state index in [9.17, 15) is 18.4 Å². The average molecular weight is 416 g/mol. The van der Waals surface area contributed by atoms with Crippen LogP contribution in [0.25, 0.3) is 0 Å². The van der Waals surface area contributed by atoms with Gasteiger partial charge in [-0.1, -0.05) is 23.2 Å². The maximum absolute atomic E-state index is 13.2. The number of carbonyl (C=O) groups is 2. The van der Waals surface area contributed by atoms with Gasteiger partial charge in [0.15, 0.2) is 11.6 Å². The molecule has 0 aromatic heterocycles. The number of carbonyl (C=O) groups excluding carboxylic acids is 2. The van der Waals surface area contributed by atoms with Crippen molar-refractivity contribution in [3.8, 4) is 0 Å². The van der Waals surface area contributed by atoms with E-state index in [1.165, 1.54) is 17.0 Å². The number of amides is 2. The fourth-order valence-electron chi connectivity index (χ4n) is 2.16. The second-order valence-electron chi connectivity index (χ2n) is 5.89. The summed E-state index contributed by atoms with van der Waals surface area (Å²) < 4.78 is 26.2. The minimum Gasteiger partial charge on any atom is -0.325 e. The normalized spacial score (nSPS) is 12.0. The van der Waals surface area contributed by atoms with Crippen molar-refractivity contribution in [2.24, 2.45) is 0 Å². The third-order valence-corrected chi connectivity index (χ3v) is 4.56. The Kier molecular flexibility index (Phi) is 7.12. The minimum atomic E-state index is -1.06. The molecule has 2 amide bonds. The highest BCUT2D eigenvalue weighted by Gasteiger charge is 2.21. The van der Waals surface area contributed by atoms with Crippen molar-refractivity contribution in [3.63, 3.8) is 0 Å². The monoisotopic (exact) mass is 415 g/mol. The van der Waals surface area contributed by atoms with Gasteiger partial charge in [-0.25, -0.2) is 8.78 Å². The molecular weight excluding hydrogens is 399 g/mol. The molecule has 2 N–H and O–H groups in total. The molecule has 0 heterocycles. The van der Waals surface area contributed by atoms with Gasteiger partial charge in [0.05, 0.1) is 22.6 Å². The highest BCUT2D eigenvalue weighted by Crippen LogP contribution is 2.25. The summed E-state index contributed by atoms with van der Waals surface area (Å²) in [6, 6.07) is 7.03. The van der Waals surface area contributed by atoms with Gasteiger partial charge in [0.1, 0.15) is 0 Å². The Labute approximate surface area is 165 Å². The summed E-state index contributed by atoms with van der Waals surface area (Å²) in [6.45, 7) is 1.51. The predicted molar refractivity (Wildman–Crippen MR) is 102 cm³/mol. The third-order valence-electron chi connectivity index (χ3n) is 3.82. The minimum absolute atomic E-state index is 0.0768. The number of anilines is 2. The Morgan fingerprint density at radius 1 is 1.00 bits per heavy atom. The Hall–Kier alpha value is -2.22. The number of benzene rings is 2. The molecule has 144 valence electrons. The van der Waals surface area contributed by atoms with E-state index in [1.54, 1.807) is 26.1 Å². The van der Waals surface area contributed by atoms with Crippen LogP contribution in [-0.4, -0.2) is 36.3 Å². The molecule has 5 nitrogen and oxygen atoms in total. The van der Waals surface area contributed by atoms with E-state index >= 15 is 0 Å². The molecule has 1 unspecified atom stereocenters. The molecule has 1 atom stereocenters. The van der Waals surface area contributed by atoms with E-state index in [1.807, 2.05) is 0 Å². The molecule has 0 radical (unpaired) electrons. The molecular formula is C18H17Cl2F2N3O2. The lowest BCUT2D eigenvalue weighted by atomic mass is 10.2. The summed E-state index contributed by atoms with van der Waals surface area (Å²) in [5, 5.41) is 5.80. The van der Waals surface area contributed by atoms with E-state index in [0.29, 0.717) is 15.7 Å². The first-order chi connectivity index (χ1) is 12.7. The van der Waals surface area contributed by atoms with Crippen molar-refractivity contribution in [3.05, 3.63) is 58.1 Å². The van der Waals surface area contributed by atoms with Gasteiger partial charge >= 0.3 is 0 Å². The van der Waals surface area contributed by atoms with Crippen LogP contribution in [0.3, 0.4) is 0 Å². The van der Waals surface area contributed by atoms with Crippen LogP contribution in [0.15, 0.2) is 36.4 Å². The molecule has 2 aromatic carbocycles. The van der Waals surface area contributed by atoms with Crippen LogP contribution >= 0.6 is 23.2 Å². The second-order valence-corrected chi connectivity index (χ2v) is 6.70. The molecule has 0 fully saturated rings. The lowest BCUT2D eigenvalue weighted by Gasteiger charge is -2.23. The van der Waals surface area contributed by atoms with Crippen molar-refractivity contribution in [1.82, 2.24) is 4.90 Å². The average Bonchev–Trinajstić information content (AvgIpc) is 2.60. The Morgan fingerprint density at radius 3 is 2.26 bits per heavy atom. The lowest BCUT2D eigenvalue weighted by Crippen LogP contribution is -2.43. The molecule has 0 bridgehead atoms. The van der Waals surface area contributed by atoms with Crippen molar-refractivity contribution < 1.29 is 18.4 Å². The summed E-state index contributed by atoms with van der Waals surface area (Å²) in [5.74, 6) is -2.89. The largest absolute Gasteiger partial charge is 0.325 e. The molecule has 9 heteroatoms. The van der Waals surface area contributed by atoms with E-state index < -0.39 is 23.6 Å². The van der Waals surface area contributed by atoms with E-state index in [0.717, 1.165) is 12.1 Å². The van der Waals surface area contributed by atoms with Crippen LogP contribution in [0.4, 0.5) is 20.2 Å². The van der Waals surface area contributed by atoms with E-state index in [-0.39, 0.29) is 18.1 Å². The number of hydrogen-bond acceptors (Lipinski definition) is 3. The second kappa shape index (κ2) is 9.12. The number of halogens is 4. The van der Waals surface area contributed by atoms with Crippen molar-refractivity contribution >= 4 is 46.4 Å². The van der Waals surface area contributed by atoms with Gasteiger partial charge in [-0.15, -0.1) is 0 Å². The number of hydrogen-bond donors (Lipinski definition) is 2. The van der Waals surface area contributed by atoms with E-state index in [4.69, 9.17) is 23.2 Å². The Bertz CT molecular complexity index is 864. The Morgan fingerprint density at radius 2 is 1.63 bits per heavy atom. The smallest absolute Gasteiger partial charge is 0.241 e. The van der Waals surface area contributed by atoms with Crippen LogP contribution in [0, 0.1) is 11.6 Å². The first-order valence-electron chi connectivity index (χ1n) is 7.88. The molecule has 2 rings (SSSR count). The quantitative estimate of drug-likeness (QED) is 0.743. The van der Waals surface area contributed by atoms with Gasteiger partial charge in [0, 0.05) is 17.4 Å². The van der Waals surface area contributed by atoms with Gasteiger partial charge in [-0.3, -0.25) is 14.5 Å². The topological polar surface area (TPSA) is 61.4 Å². The zero-order chi connectivity index (χ0) is 20.1. The summed E-state index contributed by atoms with van der Waals surface area (Å²) in [4.78, 5) is 25.9. The summed E-state index contributed by atoms with van der Waals surface area (Å²) in [5.41, 5.74) is 0.598. The number of likely N-dealkylation sites (N-methyl/N-ethyl adjacent to an activating group) is 1. The molecule has 0 saturated carbocycles. The van der Waals surface area contributed by atoms with Crippen LogP contribution in [0.1, 0.15) is 6.92 Å². The zero-order valence-corrected chi connectivity index (χ0v) is 16.0. The lowest BCUT2D eigenvalue weighted by molar-refractivity contribution is -0.122. The van der Waals surface area contributed by atoms with Crippen molar-refractivity contribution in [1.29, 1.82) is 0 Å². The standard InChI is InChI=1S/C18H17Cl2F2N3O2/c1-10(18(27)24-12-4-6-15(21)16(22)8-12)25(2)9-17(26)23-11-3-5-13(19)14(20)7-11/h3-8,10H,9H2,1-2H3,(H,23,26)(H,24,27). The van der Waals surface area contributed by atoms with Gasteiger partial charge in [-0.05, 0) is 44.3 Å². The molecule has 0 aliphatic heterocycles.